The van der Waals surface area contributed by atoms with Gasteiger partial charge in [0.2, 0.25) is 0 Å². The molecule has 0 amide bonds. The van der Waals surface area contributed by atoms with E-state index in [-0.39, 0.29) is 11.9 Å². The van der Waals surface area contributed by atoms with Gasteiger partial charge in [-0.3, -0.25) is 0 Å². The molecule has 0 aromatic heterocycles. The van der Waals surface area contributed by atoms with Crippen molar-refractivity contribution in [1.82, 2.24) is 5.32 Å². The molecule has 0 aliphatic carbocycles. The summed E-state index contributed by atoms with van der Waals surface area (Å²) in [6.45, 7) is 5.32. The molecular formula is C14H20FN3. The van der Waals surface area contributed by atoms with Gasteiger partial charge in [0.1, 0.15) is 5.82 Å². The van der Waals surface area contributed by atoms with E-state index in [0.29, 0.717) is 18.5 Å². The SMILES string of the molecule is CCN(CCC#N)c1cccc(F)c1C(C)NC. The van der Waals surface area contributed by atoms with Crippen molar-refractivity contribution in [3.05, 3.63) is 29.6 Å². The fourth-order valence-electron chi connectivity index (χ4n) is 2.01. The van der Waals surface area contributed by atoms with Crippen LogP contribution in [0.25, 0.3) is 0 Å². The second kappa shape index (κ2) is 6.97. The van der Waals surface area contributed by atoms with Crippen LogP contribution < -0.4 is 10.2 Å². The van der Waals surface area contributed by atoms with E-state index in [1.54, 1.807) is 6.07 Å². The molecule has 1 unspecified atom stereocenters. The third kappa shape index (κ3) is 3.21. The van der Waals surface area contributed by atoms with Crippen molar-refractivity contribution < 1.29 is 4.39 Å². The maximum absolute atomic E-state index is 14.0. The number of anilines is 1. The molecule has 0 spiro atoms. The summed E-state index contributed by atoms with van der Waals surface area (Å²) in [5.41, 5.74) is 1.54. The zero-order valence-electron chi connectivity index (χ0n) is 11.2. The van der Waals surface area contributed by atoms with Crippen molar-refractivity contribution >= 4 is 5.69 Å². The zero-order valence-corrected chi connectivity index (χ0v) is 11.2. The van der Waals surface area contributed by atoms with Gasteiger partial charge in [-0.1, -0.05) is 6.07 Å². The number of halogens is 1. The van der Waals surface area contributed by atoms with Crippen LogP contribution in [0.2, 0.25) is 0 Å². The molecule has 0 fully saturated rings. The Balaban J connectivity index is 3.13. The van der Waals surface area contributed by atoms with Crippen LogP contribution in [0.5, 0.6) is 0 Å². The standard InChI is InChI=1S/C14H20FN3/c1-4-18(10-6-9-16)13-8-5-7-12(15)14(13)11(2)17-3/h5,7-8,11,17H,4,6,10H2,1-3H3. The summed E-state index contributed by atoms with van der Waals surface area (Å²) >= 11 is 0. The molecule has 3 nitrogen and oxygen atoms in total. The first-order valence-electron chi connectivity index (χ1n) is 6.23. The van der Waals surface area contributed by atoms with Crippen LogP contribution in [-0.4, -0.2) is 20.1 Å². The molecule has 0 radical (unpaired) electrons. The highest BCUT2D eigenvalue weighted by molar-refractivity contribution is 5.55. The van der Waals surface area contributed by atoms with Gasteiger partial charge in [0, 0.05) is 30.4 Å². The molecule has 1 aromatic carbocycles. The first-order valence-corrected chi connectivity index (χ1v) is 6.23. The van der Waals surface area contributed by atoms with E-state index in [2.05, 4.69) is 11.4 Å². The quantitative estimate of drug-likeness (QED) is 0.842. The van der Waals surface area contributed by atoms with Crippen molar-refractivity contribution in [3.8, 4) is 6.07 Å². The number of nitrogens with one attached hydrogen (secondary N) is 1. The molecule has 1 atom stereocenters. The number of nitrogens with zero attached hydrogens (tertiary/aromatic N) is 2. The Bertz CT molecular complexity index is 426. The van der Waals surface area contributed by atoms with Gasteiger partial charge in [0.05, 0.1) is 12.5 Å². The second-order valence-electron chi connectivity index (χ2n) is 4.17. The van der Waals surface area contributed by atoms with E-state index in [0.717, 1.165) is 12.2 Å². The Morgan fingerprint density at radius 1 is 1.50 bits per heavy atom. The van der Waals surface area contributed by atoms with E-state index in [1.807, 2.05) is 31.9 Å². The maximum atomic E-state index is 14.0. The Morgan fingerprint density at radius 3 is 2.78 bits per heavy atom. The van der Waals surface area contributed by atoms with Gasteiger partial charge in [-0.15, -0.1) is 0 Å². The zero-order chi connectivity index (χ0) is 13.5. The predicted molar refractivity (Wildman–Crippen MR) is 72.0 cm³/mol. The molecule has 0 aliphatic heterocycles. The first-order chi connectivity index (χ1) is 8.65. The van der Waals surface area contributed by atoms with Crippen LogP contribution in [-0.2, 0) is 0 Å². The van der Waals surface area contributed by atoms with Crippen LogP contribution in [0.3, 0.4) is 0 Å². The van der Waals surface area contributed by atoms with Crippen LogP contribution >= 0.6 is 0 Å². The van der Waals surface area contributed by atoms with Gasteiger partial charge in [-0.05, 0) is 33.0 Å². The second-order valence-corrected chi connectivity index (χ2v) is 4.17. The van der Waals surface area contributed by atoms with E-state index >= 15 is 0 Å². The van der Waals surface area contributed by atoms with Gasteiger partial charge >= 0.3 is 0 Å². The summed E-state index contributed by atoms with van der Waals surface area (Å²) < 4.78 is 14.0. The Morgan fingerprint density at radius 2 is 2.22 bits per heavy atom. The predicted octanol–water partition coefficient (Wildman–Crippen LogP) is 2.85. The molecular weight excluding hydrogens is 229 g/mol. The number of nitriles is 1. The minimum atomic E-state index is -0.204. The third-order valence-corrected chi connectivity index (χ3v) is 3.11. The number of hydrogen-bond acceptors (Lipinski definition) is 3. The Kier molecular flexibility index (Phi) is 5.60. The normalized spacial score (nSPS) is 11.9. The molecule has 98 valence electrons. The highest BCUT2D eigenvalue weighted by Gasteiger charge is 2.17. The van der Waals surface area contributed by atoms with Gasteiger partial charge in [0.25, 0.3) is 0 Å². The number of benzene rings is 1. The molecule has 1 N–H and O–H groups in total. The summed E-state index contributed by atoms with van der Waals surface area (Å²) in [5, 5.41) is 11.7. The topological polar surface area (TPSA) is 39.1 Å². The average molecular weight is 249 g/mol. The fourth-order valence-corrected chi connectivity index (χ4v) is 2.01. The van der Waals surface area contributed by atoms with Crippen LogP contribution in [0.15, 0.2) is 18.2 Å². The van der Waals surface area contributed by atoms with E-state index < -0.39 is 0 Å². The summed E-state index contributed by atoms with van der Waals surface area (Å²) in [6, 6.07) is 7.17. The lowest BCUT2D eigenvalue weighted by atomic mass is 10.0. The lowest BCUT2D eigenvalue weighted by molar-refractivity contribution is 0.560. The highest BCUT2D eigenvalue weighted by Crippen LogP contribution is 2.28. The Hall–Kier alpha value is -1.60. The maximum Gasteiger partial charge on any atom is 0.130 e. The summed E-state index contributed by atoms with van der Waals surface area (Å²) in [4.78, 5) is 2.04. The van der Waals surface area contributed by atoms with E-state index in [4.69, 9.17) is 5.26 Å². The largest absolute Gasteiger partial charge is 0.370 e. The summed E-state index contributed by atoms with van der Waals surface area (Å²) in [5.74, 6) is -0.204. The van der Waals surface area contributed by atoms with Crippen molar-refractivity contribution in [2.24, 2.45) is 0 Å². The molecule has 0 bridgehead atoms. The third-order valence-electron chi connectivity index (χ3n) is 3.11. The van der Waals surface area contributed by atoms with Crippen LogP contribution in [0.4, 0.5) is 10.1 Å². The van der Waals surface area contributed by atoms with E-state index in [9.17, 15) is 4.39 Å². The summed E-state index contributed by atoms with van der Waals surface area (Å²) in [7, 11) is 1.81. The Labute approximate surface area is 108 Å². The smallest absolute Gasteiger partial charge is 0.130 e. The van der Waals surface area contributed by atoms with Gasteiger partial charge in [-0.2, -0.15) is 5.26 Å². The lowest BCUT2D eigenvalue weighted by Gasteiger charge is -2.27. The number of rotatable bonds is 6. The first kappa shape index (κ1) is 14.5. The molecule has 0 saturated heterocycles. The molecule has 0 saturated carbocycles. The summed E-state index contributed by atoms with van der Waals surface area (Å²) in [6.07, 6.45) is 0.442. The van der Waals surface area contributed by atoms with Crippen LogP contribution in [0.1, 0.15) is 31.9 Å². The molecule has 1 rings (SSSR count). The minimum absolute atomic E-state index is 0.0580. The van der Waals surface area contributed by atoms with Gasteiger partial charge in [0.15, 0.2) is 0 Å². The molecule has 18 heavy (non-hydrogen) atoms. The number of hydrogen-bond donors (Lipinski definition) is 1. The van der Waals surface area contributed by atoms with E-state index in [1.165, 1.54) is 6.07 Å². The van der Waals surface area contributed by atoms with Crippen molar-refractivity contribution in [2.45, 2.75) is 26.3 Å². The van der Waals surface area contributed by atoms with Gasteiger partial charge in [-0.25, -0.2) is 4.39 Å². The van der Waals surface area contributed by atoms with Crippen molar-refractivity contribution in [2.75, 3.05) is 25.0 Å². The molecule has 0 heterocycles. The lowest BCUT2D eigenvalue weighted by Crippen LogP contribution is -2.27. The highest BCUT2D eigenvalue weighted by atomic mass is 19.1. The van der Waals surface area contributed by atoms with Crippen LogP contribution in [0, 0.1) is 17.1 Å². The molecule has 0 aliphatic rings. The molecule has 4 heteroatoms. The molecule has 1 aromatic rings. The van der Waals surface area contributed by atoms with Crippen molar-refractivity contribution in [1.29, 1.82) is 5.26 Å². The van der Waals surface area contributed by atoms with Crippen molar-refractivity contribution in [3.63, 3.8) is 0 Å². The average Bonchev–Trinajstić information content (AvgIpc) is 2.39. The monoisotopic (exact) mass is 249 g/mol. The minimum Gasteiger partial charge on any atom is -0.370 e. The fraction of sp³-hybridized carbons (Fsp3) is 0.500. The van der Waals surface area contributed by atoms with Gasteiger partial charge < -0.3 is 10.2 Å².